The highest BCUT2D eigenvalue weighted by atomic mass is 79.9. The van der Waals surface area contributed by atoms with Crippen LogP contribution in [0.15, 0.2) is 45.3 Å². The van der Waals surface area contributed by atoms with Gasteiger partial charge in [-0.15, -0.1) is 0 Å². The van der Waals surface area contributed by atoms with Gasteiger partial charge in [-0.3, -0.25) is 0 Å². The second kappa shape index (κ2) is 6.35. The Balaban J connectivity index is 1.94. The molecular weight excluding hydrogens is 334 g/mol. The Bertz CT molecular complexity index is 611. The van der Waals surface area contributed by atoms with E-state index in [0.717, 1.165) is 15.8 Å². The van der Waals surface area contributed by atoms with E-state index in [9.17, 15) is 4.79 Å². The summed E-state index contributed by atoms with van der Waals surface area (Å²) in [7, 11) is 0. The van der Waals surface area contributed by atoms with Crippen molar-refractivity contribution in [3.8, 4) is 11.3 Å². The molecular formula is C16H18BrNO3. The van der Waals surface area contributed by atoms with Gasteiger partial charge in [-0.2, -0.15) is 0 Å². The number of hydrogen-bond acceptors (Lipinski definition) is 3. The molecule has 0 aliphatic heterocycles. The minimum atomic E-state index is -0.504. The first-order valence-corrected chi connectivity index (χ1v) is 7.44. The van der Waals surface area contributed by atoms with Crippen LogP contribution in [-0.4, -0.2) is 11.7 Å². The largest absolute Gasteiger partial charge is 0.459 e. The maximum atomic E-state index is 11.6. The number of carbonyl (C=O) groups is 1. The summed E-state index contributed by atoms with van der Waals surface area (Å²) in [5, 5.41) is 2.67. The highest BCUT2D eigenvalue weighted by Gasteiger charge is 2.16. The number of alkyl carbamates (subject to hydrolysis) is 1. The minimum absolute atomic E-state index is 0.297. The Morgan fingerprint density at radius 1 is 1.19 bits per heavy atom. The second-order valence-corrected chi connectivity index (χ2v) is 6.54. The third kappa shape index (κ3) is 4.93. The van der Waals surface area contributed by atoms with Crippen LogP contribution in [0.2, 0.25) is 0 Å². The van der Waals surface area contributed by atoms with Crippen LogP contribution in [0.5, 0.6) is 0 Å². The van der Waals surface area contributed by atoms with E-state index in [1.807, 2.05) is 57.2 Å². The van der Waals surface area contributed by atoms with Crippen LogP contribution in [0.3, 0.4) is 0 Å². The van der Waals surface area contributed by atoms with Crippen molar-refractivity contribution in [2.45, 2.75) is 32.9 Å². The van der Waals surface area contributed by atoms with Crippen LogP contribution >= 0.6 is 15.9 Å². The van der Waals surface area contributed by atoms with Gasteiger partial charge in [-0.25, -0.2) is 4.79 Å². The second-order valence-electron chi connectivity index (χ2n) is 5.63. The van der Waals surface area contributed by atoms with Crippen molar-refractivity contribution < 1.29 is 13.9 Å². The van der Waals surface area contributed by atoms with Crippen molar-refractivity contribution in [3.63, 3.8) is 0 Å². The van der Waals surface area contributed by atoms with Gasteiger partial charge >= 0.3 is 6.09 Å². The lowest BCUT2D eigenvalue weighted by atomic mass is 10.2. The zero-order valence-electron chi connectivity index (χ0n) is 12.3. The predicted octanol–water partition coefficient (Wildman–Crippen LogP) is 4.73. The monoisotopic (exact) mass is 351 g/mol. The topological polar surface area (TPSA) is 51.5 Å². The van der Waals surface area contributed by atoms with Gasteiger partial charge < -0.3 is 14.5 Å². The summed E-state index contributed by atoms with van der Waals surface area (Å²) in [5.41, 5.74) is 0.484. The number of rotatable bonds is 3. The molecule has 0 saturated carbocycles. The first-order valence-electron chi connectivity index (χ1n) is 6.65. The zero-order chi connectivity index (χ0) is 15.5. The zero-order valence-corrected chi connectivity index (χ0v) is 13.9. The normalized spacial score (nSPS) is 11.2. The summed E-state index contributed by atoms with van der Waals surface area (Å²) in [4.78, 5) is 11.6. The van der Waals surface area contributed by atoms with Gasteiger partial charge in [0.2, 0.25) is 0 Å². The van der Waals surface area contributed by atoms with Gasteiger partial charge in [0.15, 0.2) is 0 Å². The van der Waals surface area contributed by atoms with E-state index in [2.05, 4.69) is 21.2 Å². The maximum Gasteiger partial charge on any atom is 0.408 e. The van der Waals surface area contributed by atoms with E-state index in [0.29, 0.717) is 12.3 Å². The highest BCUT2D eigenvalue weighted by Crippen LogP contribution is 2.23. The molecule has 1 amide bonds. The fourth-order valence-corrected chi connectivity index (χ4v) is 1.98. The first-order chi connectivity index (χ1) is 9.83. The molecule has 2 aromatic rings. The van der Waals surface area contributed by atoms with Crippen LogP contribution in [0.25, 0.3) is 11.3 Å². The summed E-state index contributed by atoms with van der Waals surface area (Å²) in [6.07, 6.45) is -0.455. The number of carbonyl (C=O) groups excluding carboxylic acids is 1. The van der Waals surface area contributed by atoms with E-state index in [1.54, 1.807) is 0 Å². The summed E-state index contributed by atoms with van der Waals surface area (Å²) >= 11 is 3.40. The van der Waals surface area contributed by atoms with Gasteiger partial charge in [0.05, 0.1) is 6.54 Å². The SMILES string of the molecule is CC(C)(C)OC(=O)NCc1ccc(-c2ccc(Br)cc2)o1. The maximum absolute atomic E-state index is 11.6. The fourth-order valence-electron chi connectivity index (χ4n) is 1.72. The van der Waals surface area contributed by atoms with Crippen molar-refractivity contribution in [1.29, 1.82) is 0 Å². The third-order valence-electron chi connectivity index (χ3n) is 2.60. The third-order valence-corrected chi connectivity index (χ3v) is 3.12. The summed E-state index contributed by atoms with van der Waals surface area (Å²) in [6, 6.07) is 11.6. The molecule has 0 aliphatic rings. The Kier molecular flexibility index (Phi) is 4.73. The summed E-state index contributed by atoms with van der Waals surface area (Å²) in [5.74, 6) is 1.45. The Morgan fingerprint density at radius 2 is 1.86 bits per heavy atom. The molecule has 21 heavy (non-hydrogen) atoms. The Morgan fingerprint density at radius 3 is 2.48 bits per heavy atom. The molecule has 0 saturated heterocycles. The molecule has 1 heterocycles. The summed E-state index contributed by atoms with van der Waals surface area (Å²) in [6.45, 7) is 5.77. The minimum Gasteiger partial charge on any atom is -0.459 e. The molecule has 1 aromatic heterocycles. The molecule has 0 atom stereocenters. The molecule has 0 spiro atoms. The lowest BCUT2D eigenvalue weighted by molar-refractivity contribution is 0.0520. The van der Waals surface area contributed by atoms with E-state index < -0.39 is 11.7 Å². The molecule has 5 heteroatoms. The molecule has 0 radical (unpaired) electrons. The highest BCUT2D eigenvalue weighted by molar-refractivity contribution is 9.10. The van der Waals surface area contributed by atoms with Crippen LogP contribution in [0.4, 0.5) is 4.79 Å². The smallest absolute Gasteiger partial charge is 0.408 e. The van der Waals surface area contributed by atoms with Crippen LogP contribution in [-0.2, 0) is 11.3 Å². The number of benzene rings is 1. The number of nitrogens with one attached hydrogen (secondary N) is 1. The van der Waals surface area contributed by atoms with Crippen LogP contribution in [0, 0.1) is 0 Å². The molecule has 112 valence electrons. The van der Waals surface area contributed by atoms with Crippen LogP contribution < -0.4 is 5.32 Å². The van der Waals surface area contributed by atoms with Gasteiger partial charge in [-0.1, -0.05) is 28.1 Å². The average molecular weight is 352 g/mol. The molecule has 0 bridgehead atoms. The molecule has 1 aromatic carbocycles. The summed E-state index contributed by atoms with van der Waals surface area (Å²) < 4.78 is 11.9. The van der Waals surface area contributed by atoms with Gasteiger partial charge in [0, 0.05) is 10.0 Å². The molecule has 0 aliphatic carbocycles. The lowest BCUT2D eigenvalue weighted by Gasteiger charge is -2.19. The molecule has 4 nitrogen and oxygen atoms in total. The lowest BCUT2D eigenvalue weighted by Crippen LogP contribution is -2.32. The van der Waals surface area contributed by atoms with Gasteiger partial charge in [-0.05, 0) is 45.0 Å². The van der Waals surface area contributed by atoms with E-state index >= 15 is 0 Å². The number of amides is 1. The van der Waals surface area contributed by atoms with Gasteiger partial charge in [0.1, 0.15) is 17.1 Å². The Labute approximate surface area is 132 Å². The Hall–Kier alpha value is -1.75. The predicted molar refractivity (Wildman–Crippen MR) is 84.9 cm³/mol. The average Bonchev–Trinajstić information content (AvgIpc) is 2.84. The number of hydrogen-bond donors (Lipinski definition) is 1. The standard InChI is InChI=1S/C16H18BrNO3/c1-16(2,3)21-15(19)18-10-13-8-9-14(20-13)11-4-6-12(17)7-5-11/h4-9H,10H2,1-3H3,(H,18,19). The van der Waals surface area contributed by atoms with Crippen molar-refractivity contribution in [1.82, 2.24) is 5.32 Å². The van der Waals surface area contributed by atoms with Crippen molar-refractivity contribution >= 4 is 22.0 Å². The van der Waals surface area contributed by atoms with Gasteiger partial charge in [0.25, 0.3) is 0 Å². The molecule has 2 rings (SSSR count). The van der Waals surface area contributed by atoms with Crippen molar-refractivity contribution in [2.75, 3.05) is 0 Å². The van der Waals surface area contributed by atoms with E-state index in [-0.39, 0.29) is 0 Å². The molecule has 0 fully saturated rings. The molecule has 1 N–H and O–H groups in total. The number of ether oxygens (including phenoxy) is 1. The van der Waals surface area contributed by atoms with Crippen LogP contribution in [0.1, 0.15) is 26.5 Å². The van der Waals surface area contributed by atoms with E-state index in [1.165, 1.54) is 0 Å². The molecule has 0 unspecified atom stereocenters. The number of halogens is 1. The first kappa shape index (κ1) is 15.6. The van der Waals surface area contributed by atoms with E-state index in [4.69, 9.17) is 9.15 Å². The quantitative estimate of drug-likeness (QED) is 0.869. The van der Waals surface area contributed by atoms with Crippen molar-refractivity contribution in [2.24, 2.45) is 0 Å². The fraction of sp³-hybridized carbons (Fsp3) is 0.312. The number of furan rings is 1. The van der Waals surface area contributed by atoms with Crippen molar-refractivity contribution in [3.05, 3.63) is 46.6 Å².